The van der Waals surface area contributed by atoms with E-state index in [1.807, 2.05) is 61.7 Å². The van der Waals surface area contributed by atoms with Gasteiger partial charge < -0.3 is 8.98 Å². The average molecular weight is 421 g/mol. The van der Waals surface area contributed by atoms with Crippen molar-refractivity contribution in [2.45, 2.75) is 26.0 Å². The molecule has 2 aromatic carbocycles. The van der Waals surface area contributed by atoms with E-state index in [1.165, 1.54) is 23.9 Å². The highest BCUT2D eigenvalue weighted by Gasteiger charge is 2.19. The van der Waals surface area contributed by atoms with Gasteiger partial charge in [-0.3, -0.25) is 4.79 Å². The molecule has 4 rings (SSSR count). The van der Waals surface area contributed by atoms with Crippen molar-refractivity contribution < 1.29 is 13.6 Å². The highest BCUT2D eigenvalue weighted by atomic mass is 32.2. The smallest absolute Gasteiger partial charge is 0.277 e. The molecule has 0 radical (unpaired) electrons. The van der Waals surface area contributed by atoms with E-state index >= 15 is 0 Å². The maximum absolute atomic E-state index is 13.6. The molecule has 0 aliphatic heterocycles. The summed E-state index contributed by atoms with van der Waals surface area (Å²) in [5, 5.41) is 8.49. The van der Waals surface area contributed by atoms with Gasteiger partial charge >= 0.3 is 0 Å². The van der Waals surface area contributed by atoms with Crippen molar-refractivity contribution >= 4 is 17.5 Å². The highest BCUT2D eigenvalue weighted by molar-refractivity contribution is 7.99. The standard InChI is InChI=1S/C23H20FN3O2S/c1-14-7-4-5-10-19(14)22-25-26-23(29-22)30-13-21(28)20-11-15(2)27(16(20)3)18-9-6-8-17(24)12-18/h4-12H,13H2,1-3H3. The number of aromatic nitrogens is 3. The van der Waals surface area contributed by atoms with Crippen molar-refractivity contribution in [2.24, 2.45) is 0 Å². The van der Waals surface area contributed by atoms with Gasteiger partial charge in [0.15, 0.2) is 5.78 Å². The number of halogens is 1. The Kier molecular flexibility index (Phi) is 5.55. The van der Waals surface area contributed by atoms with E-state index in [2.05, 4.69) is 10.2 Å². The molecule has 2 aromatic heterocycles. The molecule has 0 spiro atoms. The van der Waals surface area contributed by atoms with Crippen molar-refractivity contribution in [3.05, 3.63) is 82.9 Å². The van der Waals surface area contributed by atoms with Crippen molar-refractivity contribution in [3.63, 3.8) is 0 Å². The topological polar surface area (TPSA) is 60.9 Å². The fourth-order valence-electron chi connectivity index (χ4n) is 3.45. The third-order valence-electron chi connectivity index (χ3n) is 4.91. The van der Waals surface area contributed by atoms with E-state index in [9.17, 15) is 9.18 Å². The molecule has 0 amide bonds. The van der Waals surface area contributed by atoms with Gasteiger partial charge in [-0.2, -0.15) is 0 Å². The molecule has 0 aliphatic rings. The molecular formula is C23H20FN3O2S. The Balaban J connectivity index is 1.50. The number of hydrogen-bond donors (Lipinski definition) is 0. The van der Waals surface area contributed by atoms with Crippen LogP contribution in [0.25, 0.3) is 17.1 Å². The Morgan fingerprint density at radius 1 is 1.07 bits per heavy atom. The number of rotatable bonds is 6. The van der Waals surface area contributed by atoms with Crippen molar-refractivity contribution in [1.82, 2.24) is 14.8 Å². The zero-order valence-electron chi connectivity index (χ0n) is 16.8. The van der Waals surface area contributed by atoms with Gasteiger partial charge in [-0.05, 0) is 56.7 Å². The second kappa shape index (κ2) is 8.28. The van der Waals surface area contributed by atoms with Crippen LogP contribution in [0.15, 0.2) is 64.2 Å². The van der Waals surface area contributed by atoms with E-state index in [-0.39, 0.29) is 17.4 Å². The van der Waals surface area contributed by atoms with Crippen LogP contribution in [0.4, 0.5) is 4.39 Å². The molecule has 0 bridgehead atoms. The van der Waals surface area contributed by atoms with Crippen LogP contribution in [0, 0.1) is 26.6 Å². The van der Waals surface area contributed by atoms with Crippen LogP contribution in [0.2, 0.25) is 0 Å². The Morgan fingerprint density at radius 3 is 2.63 bits per heavy atom. The largest absolute Gasteiger partial charge is 0.411 e. The summed E-state index contributed by atoms with van der Waals surface area (Å²) in [5.74, 6) is 0.242. The molecular weight excluding hydrogens is 401 g/mol. The SMILES string of the molecule is Cc1ccccc1-c1nnc(SCC(=O)c2cc(C)n(-c3cccc(F)c3)c2C)o1. The third kappa shape index (κ3) is 3.93. The number of hydrogen-bond acceptors (Lipinski definition) is 5. The number of benzene rings is 2. The lowest BCUT2D eigenvalue weighted by Gasteiger charge is -2.09. The summed E-state index contributed by atoms with van der Waals surface area (Å²) in [6.45, 7) is 5.73. The lowest BCUT2D eigenvalue weighted by Crippen LogP contribution is -2.05. The predicted molar refractivity (Wildman–Crippen MR) is 115 cm³/mol. The molecule has 0 aliphatic carbocycles. The fraction of sp³-hybridized carbons (Fsp3) is 0.174. The fourth-order valence-corrected chi connectivity index (χ4v) is 4.10. The molecule has 0 unspecified atom stereocenters. The molecule has 4 aromatic rings. The maximum Gasteiger partial charge on any atom is 0.277 e. The molecule has 7 heteroatoms. The molecule has 5 nitrogen and oxygen atoms in total. The third-order valence-corrected chi connectivity index (χ3v) is 5.73. The van der Waals surface area contributed by atoms with Crippen LogP contribution in [0.5, 0.6) is 0 Å². The molecule has 152 valence electrons. The molecule has 0 saturated heterocycles. The normalized spacial score (nSPS) is 11.1. The van der Waals surface area contributed by atoms with Gasteiger partial charge in [0.2, 0.25) is 5.89 Å². The minimum Gasteiger partial charge on any atom is -0.411 e. The lowest BCUT2D eigenvalue weighted by atomic mass is 10.1. The number of ketones is 1. The van der Waals surface area contributed by atoms with Crippen LogP contribution in [-0.4, -0.2) is 26.3 Å². The monoisotopic (exact) mass is 421 g/mol. The van der Waals surface area contributed by atoms with E-state index in [0.29, 0.717) is 22.4 Å². The molecule has 2 heterocycles. The number of carbonyl (C=O) groups excluding carboxylic acids is 1. The van der Waals surface area contributed by atoms with Crippen LogP contribution < -0.4 is 0 Å². The van der Waals surface area contributed by atoms with Crippen LogP contribution >= 0.6 is 11.8 Å². The second-order valence-electron chi connectivity index (χ2n) is 7.00. The van der Waals surface area contributed by atoms with E-state index in [0.717, 1.165) is 22.5 Å². The van der Waals surface area contributed by atoms with Gasteiger partial charge in [0.1, 0.15) is 5.82 Å². The second-order valence-corrected chi connectivity index (χ2v) is 7.93. The van der Waals surface area contributed by atoms with Crippen molar-refractivity contribution in [1.29, 1.82) is 0 Å². The number of Topliss-reactive ketones (excluding diaryl/α,β-unsaturated/α-hetero) is 1. The van der Waals surface area contributed by atoms with Gasteiger partial charge in [-0.1, -0.05) is 36.0 Å². The van der Waals surface area contributed by atoms with Crippen LogP contribution in [0.3, 0.4) is 0 Å². The maximum atomic E-state index is 13.6. The molecule has 0 fully saturated rings. The average Bonchev–Trinajstić information content (AvgIpc) is 3.30. The van der Waals surface area contributed by atoms with E-state index in [4.69, 9.17) is 4.42 Å². The predicted octanol–water partition coefficient (Wildman–Crippen LogP) is 5.57. The number of aryl methyl sites for hydroxylation is 2. The minimum absolute atomic E-state index is 0.0496. The van der Waals surface area contributed by atoms with Gasteiger partial charge in [0.05, 0.1) is 5.75 Å². The Bertz CT molecular complexity index is 1230. The first kappa shape index (κ1) is 20.1. The van der Waals surface area contributed by atoms with Gasteiger partial charge in [0, 0.05) is 28.2 Å². The highest BCUT2D eigenvalue weighted by Crippen LogP contribution is 2.27. The van der Waals surface area contributed by atoms with Crippen LogP contribution in [-0.2, 0) is 0 Å². The number of carbonyl (C=O) groups is 1. The first-order valence-electron chi connectivity index (χ1n) is 9.44. The van der Waals surface area contributed by atoms with E-state index in [1.54, 1.807) is 6.07 Å². The Morgan fingerprint density at radius 2 is 1.87 bits per heavy atom. The van der Waals surface area contributed by atoms with Gasteiger partial charge in [-0.15, -0.1) is 10.2 Å². The zero-order chi connectivity index (χ0) is 21.3. The lowest BCUT2D eigenvalue weighted by molar-refractivity contribution is 0.102. The Hall–Kier alpha value is -3.19. The van der Waals surface area contributed by atoms with Crippen LogP contribution in [0.1, 0.15) is 27.3 Å². The zero-order valence-corrected chi connectivity index (χ0v) is 17.7. The quantitative estimate of drug-likeness (QED) is 0.301. The Labute approximate surface area is 177 Å². The minimum atomic E-state index is -0.315. The van der Waals surface area contributed by atoms with Crippen molar-refractivity contribution in [3.8, 4) is 17.1 Å². The first-order valence-corrected chi connectivity index (χ1v) is 10.4. The summed E-state index contributed by atoms with van der Waals surface area (Å²) in [5.41, 5.74) is 4.85. The molecule has 0 saturated carbocycles. The van der Waals surface area contributed by atoms with Gasteiger partial charge in [-0.25, -0.2) is 4.39 Å². The summed E-state index contributed by atoms with van der Waals surface area (Å²) in [4.78, 5) is 12.8. The van der Waals surface area contributed by atoms with Gasteiger partial charge in [0.25, 0.3) is 5.22 Å². The summed E-state index contributed by atoms with van der Waals surface area (Å²) in [6, 6.07) is 15.9. The molecule has 0 atom stereocenters. The number of nitrogens with zero attached hydrogens (tertiary/aromatic N) is 3. The summed E-state index contributed by atoms with van der Waals surface area (Å²) < 4.78 is 21.2. The first-order chi connectivity index (χ1) is 14.4. The van der Waals surface area contributed by atoms with E-state index < -0.39 is 0 Å². The number of thioether (sulfide) groups is 1. The molecule has 0 N–H and O–H groups in total. The molecule has 30 heavy (non-hydrogen) atoms. The summed E-state index contributed by atoms with van der Waals surface area (Å²) >= 11 is 1.21. The van der Waals surface area contributed by atoms with Crippen molar-refractivity contribution in [2.75, 3.05) is 5.75 Å². The summed E-state index contributed by atoms with van der Waals surface area (Å²) in [6.07, 6.45) is 0. The summed E-state index contributed by atoms with van der Waals surface area (Å²) in [7, 11) is 0.